The number of nitrogens with zero attached hydrogens (tertiary/aromatic N) is 2. The molecule has 0 spiro atoms. The van der Waals surface area contributed by atoms with Crippen LogP contribution in [-0.4, -0.2) is 75.7 Å². The molecular weight excluding hydrogens is 515 g/mol. The van der Waals surface area contributed by atoms with Gasteiger partial charge in [-0.2, -0.15) is 13.2 Å². The number of oxime groups is 1. The molecule has 212 valence electrons. The molecule has 1 N–H and O–H groups in total. The minimum Gasteiger partial charge on any atom is -0.484 e. The zero-order chi connectivity index (χ0) is 27.5. The number of morpholine rings is 1. The molecule has 2 aliphatic rings. The molecule has 39 heavy (non-hydrogen) atoms. The van der Waals surface area contributed by atoms with Crippen molar-refractivity contribution in [2.75, 3.05) is 59.2 Å². The average Bonchev–Trinajstić information content (AvgIpc) is 2.96. The number of ether oxygens (including phenoxy) is 3. The van der Waals surface area contributed by atoms with E-state index in [4.69, 9.17) is 19.0 Å². The van der Waals surface area contributed by atoms with Crippen LogP contribution in [0.4, 0.5) is 13.2 Å². The van der Waals surface area contributed by atoms with Crippen molar-refractivity contribution in [3.8, 4) is 5.75 Å². The molecule has 0 atom stereocenters. The summed E-state index contributed by atoms with van der Waals surface area (Å²) in [6, 6.07) is 12.0. The second-order valence-corrected chi connectivity index (χ2v) is 9.57. The summed E-state index contributed by atoms with van der Waals surface area (Å²) < 4.78 is 54.8. The van der Waals surface area contributed by atoms with E-state index in [1.807, 2.05) is 12.1 Å². The summed E-state index contributed by atoms with van der Waals surface area (Å²) in [6.45, 7) is 5.34. The van der Waals surface area contributed by atoms with Crippen molar-refractivity contribution in [1.29, 1.82) is 0 Å². The van der Waals surface area contributed by atoms with Crippen LogP contribution in [-0.2, 0) is 31.9 Å². The van der Waals surface area contributed by atoms with Gasteiger partial charge in [0, 0.05) is 45.0 Å². The van der Waals surface area contributed by atoms with Crippen LogP contribution in [0.3, 0.4) is 0 Å². The van der Waals surface area contributed by atoms with Gasteiger partial charge in [0.05, 0.1) is 18.8 Å². The maximum atomic E-state index is 12.8. The third-order valence-corrected chi connectivity index (χ3v) is 6.65. The van der Waals surface area contributed by atoms with E-state index < -0.39 is 11.7 Å². The number of benzene rings is 2. The van der Waals surface area contributed by atoms with E-state index in [2.05, 4.69) is 15.4 Å². The van der Waals surface area contributed by atoms with Crippen molar-refractivity contribution in [2.45, 2.75) is 25.6 Å². The maximum absolute atomic E-state index is 12.8. The molecule has 2 aromatic rings. The molecule has 2 aromatic carbocycles. The van der Waals surface area contributed by atoms with Gasteiger partial charge in [0.2, 0.25) is 0 Å². The van der Waals surface area contributed by atoms with Crippen molar-refractivity contribution in [1.82, 2.24) is 10.2 Å². The Hall–Kier alpha value is -3.15. The lowest BCUT2D eigenvalue weighted by atomic mass is 10.0. The van der Waals surface area contributed by atoms with Gasteiger partial charge in [-0.3, -0.25) is 9.69 Å². The van der Waals surface area contributed by atoms with Crippen molar-refractivity contribution in [3.63, 3.8) is 0 Å². The average molecular weight is 550 g/mol. The topological polar surface area (TPSA) is 81.6 Å². The fraction of sp³-hybridized carbons (Fsp3) is 0.500. The Labute approximate surface area is 226 Å². The van der Waals surface area contributed by atoms with E-state index in [1.54, 1.807) is 12.1 Å². The van der Waals surface area contributed by atoms with Gasteiger partial charge in [0.25, 0.3) is 5.91 Å². The van der Waals surface area contributed by atoms with Crippen LogP contribution >= 0.6 is 0 Å². The highest BCUT2D eigenvalue weighted by Gasteiger charge is 2.30. The summed E-state index contributed by atoms with van der Waals surface area (Å²) in [5, 5.41) is 7.24. The number of carbonyl (C=O) groups is 1. The van der Waals surface area contributed by atoms with E-state index in [0.29, 0.717) is 49.2 Å². The SMILES string of the molecule is O=C(COc1ccc(C(CN2CCOCC2)=NOCc2ccc(C(F)(F)F)cc2)cc1)NCC1CCOCC1. The van der Waals surface area contributed by atoms with Gasteiger partial charge < -0.3 is 24.4 Å². The highest BCUT2D eigenvalue weighted by atomic mass is 19.4. The Kier molecular flexibility index (Phi) is 10.6. The largest absolute Gasteiger partial charge is 0.484 e. The van der Waals surface area contributed by atoms with E-state index in [9.17, 15) is 18.0 Å². The normalized spacial score (nSPS) is 17.6. The van der Waals surface area contributed by atoms with Crippen molar-refractivity contribution < 1.29 is 37.0 Å². The first kappa shape index (κ1) is 28.8. The molecule has 0 saturated carbocycles. The Bertz CT molecular complexity index is 1070. The summed E-state index contributed by atoms with van der Waals surface area (Å²) in [7, 11) is 0. The predicted molar refractivity (Wildman–Crippen MR) is 139 cm³/mol. The lowest BCUT2D eigenvalue weighted by Crippen LogP contribution is -2.39. The van der Waals surface area contributed by atoms with Gasteiger partial charge in [0.15, 0.2) is 6.61 Å². The number of hydrogen-bond donors (Lipinski definition) is 1. The number of nitrogens with one attached hydrogen (secondary N) is 1. The molecule has 2 saturated heterocycles. The number of hydrogen-bond acceptors (Lipinski definition) is 7. The lowest BCUT2D eigenvalue weighted by molar-refractivity contribution is -0.137. The first-order chi connectivity index (χ1) is 18.9. The lowest BCUT2D eigenvalue weighted by Gasteiger charge is -2.26. The summed E-state index contributed by atoms with van der Waals surface area (Å²) in [6.07, 6.45) is -2.48. The first-order valence-corrected chi connectivity index (χ1v) is 13.1. The number of rotatable bonds is 11. The minimum absolute atomic E-state index is 0.0366. The second-order valence-electron chi connectivity index (χ2n) is 9.57. The molecule has 11 heteroatoms. The summed E-state index contributed by atoms with van der Waals surface area (Å²) >= 11 is 0. The van der Waals surface area contributed by atoms with Gasteiger partial charge in [-0.1, -0.05) is 17.3 Å². The Balaban J connectivity index is 1.32. The fourth-order valence-corrected chi connectivity index (χ4v) is 4.27. The van der Waals surface area contributed by atoms with Crippen LogP contribution in [0.2, 0.25) is 0 Å². The van der Waals surface area contributed by atoms with E-state index in [-0.39, 0.29) is 19.1 Å². The summed E-state index contributed by atoms with van der Waals surface area (Å²) in [5.74, 6) is 0.820. The van der Waals surface area contributed by atoms with Crippen molar-refractivity contribution >= 4 is 11.6 Å². The standard InChI is InChI=1S/C28H34F3N3O5/c29-28(30,31)24-5-1-22(2-6-24)19-39-33-26(18-34-11-15-37-16-12-34)23-3-7-25(8-4-23)38-20-27(35)32-17-21-9-13-36-14-10-21/h1-8,21H,9-20H2,(H,32,35). The molecule has 4 rings (SSSR count). The van der Waals surface area contributed by atoms with Crippen LogP contribution in [0, 0.1) is 5.92 Å². The molecule has 8 nitrogen and oxygen atoms in total. The zero-order valence-corrected chi connectivity index (χ0v) is 21.8. The smallest absolute Gasteiger partial charge is 0.416 e. The number of amides is 1. The molecule has 0 radical (unpaired) electrons. The highest BCUT2D eigenvalue weighted by molar-refractivity contribution is 6.01. The van der Waals surface area contributed by atoms with Crippen LogP contribution in [0.15, 0.2) is 53.7 Å². The highest BCUT2D eigenvalue weighted by Crippen LogP contribution is 2.29. The van der Waals surface area contributed by atoms with E-state index in [0.717, 1.165) is 56.8 Å². The van der Waals surface area contributed by atoms with Crippen LogP contribution in [0.5, 0.6) is 5.75 Å². The first-order valence-electron chi connectivity index (χ1n) is 13.1. The molecule has 0 unspecified atom stereocenters. The van der Waals surface area contributed by atoms with Crippen molar-refractivity contribution in [2.24, 2.45) is 11.1 Å². The quantitative estimate of drug-likeness (QED) is 0.339. The van der Waals surface area contributed by atoms with Gasteiger partial charge in [-0.15, -0.1) is 0 Å². The van der Waals surface area contributed by atoms with Crippen LogP contribution in [0.25, 0.3) is 0 Å². The third-order valence-electron chi connectivity index (χ3n) is 6.65. The van der Waals surface area contributed by atoms with E-state index in [1.165, 1.54) is 12.1 Å². The molecule has 2 heterocycles. The molecular formula is C28H34F3N3O5. The number of carbonyl (C=O) groups excluding carboxylic acids is 1. The van der Waals surface area contributed by atoms with Gasteiger partial charge >= 0.3 is 6.18 Å². The number of alkyl halides is 3. The third kappa shape index (κ3) is 9.52. The minimum atomic E-state index is -4.38. The van der Waals surface area contributed by atoms with E-state index >= 15 is 0 Å². The Morgan fingerprint density at radius 3 is 2.31 bits per heavy atom. The number of halogens is 3. The Morgan fingerprint density at radius 2 is 1.64 bits per heavy atom. The predicted octanol–water partition coefficient (Wildman–Crippen LogP) is 3.88. The zero-order valence-electron chi connectivity index (χ0n) is 21.8. The molecule has 1 amide bonds. The van der Waals surface area contributed by atoms with Crippen molar-refractivity contribution in [3.05, 3.63) is 65.2 Å². The molecule has 2 fully saturated rings. The van der Waals surface area contributed by atoms with Gasteiger partial charge in [-0.25, -0.2) is 0 Å². The van der Waals surface area contributed by atoms with Gasteiger partial charge in [-0.05, 0) is 60.7 Å². The second kappa shape index (κ2) is 14.3. The summed E-state index contributed by atoms with van der Waals surface area (Å²) in [5.41, 5.74) is 1.35. The van der Waals surface area contributed by atoms with Gasteiger partial charge in [0.1, 0.15) is 18.1 Å². The Morgan fingerprint density at radius 1 is 0.974 bits per heavy atom. The maximum Gasteiger partial charge on any atom is 0.416 e. The monoisotopic (exact) mass is 549 g/mol. The molecule has 0 bridgehead atoms. The summed E-state index contributed by atoms with van der Waals surface area (Å²) in [4.78, 5) is 19.9. The molecule has 0 aliphatic carbocycles. The van der Waals surface area contributed by atoms with Crippen LogP contribution < -0.4 is 10.1 Å². The molecule has 0 aromatic heterocycles. The van der Waals surface area contributed by atoms with Crippen LogP contribution in [0.1, 0.15) is 29.5 Å². The molecule has 2 aliphatic heterocycles. The fourth-order valence-electron chi connectivity index (χ4n) is 4.27.